The summed E-state index contributed by atoms with van der Waals surface area (Å²) in [6.07, 6.45) is -3.68. The molecule has 3 nitrogen and oxygen atoms in total. The Morgan fingerprint density at radius 1 is 1.69 bits per heavy atom. The van der Waals surface area contributed by atoms with E-state index in [4.69, 9.17) is 0 Å². The highest BCUT2D eigenvalue weighted by Gasteiger charge is 2.41. The number of carbonyl (C=O) groups is 1. The molecule has 1 heterocycles. The lowest BCUT2D eigenvalue weighted by Gasteiger charge is -2.34. The number of piperidine rings is 1. The molecular weight excluding hydrogens is 180 g/mol. The van der Waals surface area contributed by atoms with Crippen LogP contribution in [0.4, 0.5) is 8.78 Å². The van der Waals surface area contributed by atoms with Gasteiger partial charge in [-0.3, -0.25) is 4.79 Å². The lowest BCUT2D eigenvalue weighted by molar-refractivity contribution is -0.139. The zero-order chi connectivity index (χ0) is 10.0. The quantitative estimate of drug-likeness (QED) is 0.657. The van der Waals surface area contributed by atoms with Crippen molar-refractivity contribution in [2.45, 2.75) is 31.9 Å². The van der Waals surface area contributed by atoms with Gasteiger partial charge in [-0.15, -0.1) is 0 Å². The van der Waals surface area contributed by atoms with E-state index in [9.17, 15) is 18.7 Å². The maximum absolute atomic E-state index is 12.4. The summed E-state index contributed by atoms with van der Waals surface area (Å²) in [6.45, 7) is 1.73. The van der Waals surface area contributed by atoms with E-state index in [-0.39, 0.29) is 6.54 Å². The van der Waals surface area contributed by atoms with E-state index in [0.29, 0.717) is 6.42 Å². The van der Waals surface area contributed by atoms with Crippen LogP contribution in [0.3, 0.4) is 0 Å². The van der Waals surface area contributed by atoms with Gasteiger partial charge in [0, 0.05) is 6.04 Å². The largest absolute Gasteiger partial charge is 0.385 e. The molecule has 3 atom stereocenters. The fourth-order valence-corrected chi connectivity index (χ4v) is 1.64. The van der Waals surface area contributed by atoms with Crippen LogP contribution < -0.4 is 5.32 Å². The third-order valence-electron chi connectivity index (χ3n) is 2.43. The maximum Gasteiger partial charge on any atom is 0.245 e. The fourth-order valence-electron chi connectivity index (χ4n) is 1.64. The Morgan fingerprint density at radius 2 is 2.31 bits per heavy atom. The molecule has 0 aromatic rings. The van der Waals surface area contributed by atoms with Crippen LogP contribution in [0.2, 0.25) is 0 Å². The minimum Gasteiger partial charge on any atom is -0.385 e. The number of halogens is 2. The molecule has 0 aliphatic carbocycles. The SMILES string of the molecule is CC[C@@H]1NCC(=O)[C@H](O)[C@H]1C(F)F. The van der Waals surface area contributed by atoms with E-state index in [0.717, 1.165) is 0 Å². The van der Waals surface area contributed by atoms with Gasteiger partial charge < -0.3 is 10.4 Å². The summed E-state index contributed by atoms with van der Waals surface area (Å²) in [5.41, 5.74) is 0. The Labute approximate surface area is 75.1 Å². The van der Waals surface area contributed by atoms with Crippen LogP contribution in [0.15, 0.2) is 0 Å². The Bertz CT molecular complexity index is 199. The first-order valence-electron chi connectivity index (χ1n) is 4.30. The number of hydrogen-bond donors (Lipinski definition) is 2. The second-order valence-corrected chi connectivity index (χ2v) is 3.22. The highest BCUT2D eigenvalue weighted by atomic mass is 19.3. The van der Waals surface area contributed by atoms with Crippen LogP contribution in [0, 0.1) is 5.92 Å². The molecule has 2 N–H and O–H groups in total. The van der Waals surface area contributed by atoms with Crippen molar-refractivity contribution in [3.63, 3.8) is 0 Å². The average Bonchev–Trinajstić information content (AvgIpc) is 2.08. The molecule has 0 amide bonds. The summed E-state index contributed by atoms with van der Waals surface area (Å²) in [5, 5.41) is 11.9. The van der Waals surface area contributed by atoms with E-state index < -0.39 is 30.3 Å². The van der Waals surface area contributed by atoms with Crippen LogP contribution in [0.25, 0.3) is 0 Å². The van der Waals surface area contributed by atoms with Crippen molar-refractivity contribution >= 4 is 5.78 Å². The third kappa shape index (κ3) is 2.03. The Hall–Kier alpha value is -0.550. The molecule has 0 aromatic heterocycles. The summed E-state index contributed by atoms with van der Waals surface area (Å²) in [4.78, 5) is 10.9. The standard InChI is InChI=1S/C8H13F2NO2/c1-2-4-6(8(9)10)7(13)5(12)3-11-4/h4,6-8,11,13H,2-3H2,1H3/t4-,6-,7-/m0/s1. The van der Waals surface area contributed by atoms with Gasteiger partial charge in [0.1, 0.15) is 6.10 Å². The molecule has 1 fully saturated rings. The highest BCUT2D eigenvalue weighted by molar-refractivity contribution is 5.86. The third-order valence-corrected chi connectivity index (χ3v) is 2.43. The number of Topliss-reactive ketones (excluding diaryl/α,β-unsaturated/α-hetero) is 1. The Morgan fingerprint density at radius 3 is 2.77 bits per heavy atom. The number of aliphatic hydroxyl groups excluding tert-OH is 1. The second kappa shape index (κ2) is 4.11. The molecule has 0 radical (unpaired) electrons. The zero-order valence-corrected chi connectivity index (χ0v) is 7.34. The number of carbonyl (C=O) groups excluding carboxylic acids is 1. The topological polar surface area (TPSA) is 49.3 Å². The van der Waals surface area contributed by atoms with Crippen LogP contribution >= 0.6 is 0 Å². The van der Waals surface area contributed by atoms with Crippen LogP contribution in [-0.2, 0) is 4.79 Å². The molecule has 13 heavy (non-hydrogen) atoms. The molecule has 1 rings (SSSR count). The van der Waals surface area contributed by atoms with Crippen LogP contribution in [-0.4, -0.2) is 36.0 Å². The predicted molar refractivity (Wildman–Crippen MR) is 42.6 cm³/mol. The number of alkyl halides is 2. The van der Waals surface area contributed by atoms with Crippen LogP contribution in [0.1, 0.15) is 13.3 Å². The smallest absolute Gasteiger partial charge is 0.245 e. The van der Waals surface area contributed by atoms with Gasteiger partial charge in [0.15, 0.2) is 5.78 Å². The average molecular weight is 193 g/mol. The first-order chi connectivity index (χ1) is 6.07. The Kier molecular flexibility index (Phi) is 3.33. The zero-order valence-electron chi connectivity index (χ0n) is 7.34. The van der Waals surface area contributed by atoms with Gasteiger partial charge in [-0.05, 0) is 6.42 Å². The normalized spacial score (nSPS) is 35.5. The van der Waals surface area contributed by atoms with E-state index >= 15 is 0 Å². The summed E-state index contributed by atoms with van der Waals surface area (Å²) in [5.74, 6) is -1.80. The number of hydrogen-bond acceptors (Lipinski definition) is 3. The predicted octanol–water partition coefficient (Wildman–Crippen LogP) is 0.179. The number of rotatable bonds is 2. The minimum absolute atomic E-state index is 0.0110. The molecule has 0 spiro atoms. The van der Waals surface area contributed by atoms with Gasteiger partial charge in [-0.1, -0.05) is 6.92 Å². The molecule has 5 heteroatoms. The molecule has 0 saturated carbocycles. The summed E-state index contributed by atoms with van der Waals surface area (Å²) in [6, 6.07) is -0.465. The van der Waals surface area contributed by atoms with Gasteiger partial charge in [0.2, 0.25) is 6.43 Å². The van der Waals surface area contributed by atoms with Crippen molar-refractivity contribution in [2.24, 2.45) is 5.92 Å². The van der Waals surface area contributed by atoms with Crippen molar-refractivity contribution in [1.82, 2.24) is 5.32 Å². The van der Waals surface area contributed by atoms with Crippen molar-refractivity contribution in [1.29, 1.82) is 0 Å². The molecule has 1 aliphatic rings. The molecular formula is C8H13F2NO2. The summed E-state index contributed by atoms with van der Waals surface area (Å²) < 4.78 is 24.9. The van der Waals surface area contributed by atoms with Gasteiger partial charge in [0.25, 0.3) is 0 Å². The first kappa shape index (κ1) is 10.5. The van der Waals surface area contributed by atoms with E-state index in [1.807, 2.05) is 0 Å². The van der Waals surface area contributed by atoms with Gasteiger partial charge in [-0.25, -0.2) is 8.78 Å². The summed E-state index contributed by atoms with van der Waals surface area (Å²) >= 11 is 0. The molecule has 76 valence electrons. The lowest BCUT2D eigenvalue weighted by atomic mass is 9.86. The van der Waals surface area contributed by atoms with Gasteiger partial charge >= 0.3 is 0 Å². The van der Waals surface area contributed by atoms with E-state index in [1.165, 1.54) is 0 Å². The van der Waals surface area contributed by atoms with E-state index in [2.05, 4.69) is 5.32 Å². The highest BCUT2D eigenvalue weighted by Crippen LogP contribution is 2.24. The lowest BCUT2D eigenvalue weighted by Crippen LogP contribution is -2.56. The second-order valence-electron chi connectivity index (χ2n) is 3.22. The Balaban J connectivity index is 2.74. The van der Waals surface area contributed by atoms with Gasteiger partial charge in [0.05, 0.1) is 12.5 Å². The fraction of sp³-hybridized carbons (Fsp3) is 0.875. The van der Waals surface area contributed by atoms with Crippen LogP contribution in [0.5, 0.6) is 0 Å². The minimum atomic E-state index is -2.66. The monoisotopic (exact) mass is 193 g/mol. The van der Waals surface area contributed by atoms with Gasteiger partial charge in [-0.2, -0.15) is 0 Å². The maximum atomic E-state index is 12.4. The number of aliphatic hydroxyl groups is 1. The molecule has 1 saturated heterocycles. The molecule has 1 aliphatic heterocycles. The van der Waals surface area contributed by atoms with Crippen molar-refractivity contribution in [2.75, 3.05) is 6.54 Å². The summed E-state index contributed by atoms with van der Waals surface area (Å²) in [7, 11) is 0. The molecule has 0 aromatic carbocycles. The van der Waals surface area contributed by atoms with E-state index in [1.54, 1.807) is 6.92 Å². The first-order valence-corrected chi connectivity index (χ1v) is 4.30. The molecule has 0 unspecified atom stereocenters. The van der Waals surface area contributed by atoms with Crippen molar-refractivity contribution < 1.29 is 18.7 Å². The van der Waals surface area contributed by atoms with Crippen molar-refractivity contribution in [3.05, 3.63) is 0 Å². The van der Waals surface area contributed by atoms with Crippen molar-refractivity contribution in [3.8, 4) is 0 Å². The molecule has 0 bridgehead atoms. The number of nitrogens with one attached hydrogen (secondary N) is 1. The number of ketones is 1.